The summed E-state index contributed by atoms with van der Waals surface area (Å²) in [4.78, 5) is 0. The monoisotopic (exact) mass is 221 g/mol. The molecule has 16 heavy (non-hydrogen) atoms. The summed E-state index contributed by atoms with van der Waals surface area (Å²) in [6.45, 7) is 5.72. The van der Waals surface area contributed by atoms with Crippen LogP contribution in [0.15, 0.2) is 12.4 Å². The van der Waals surface area contributed by atoms with Gasteiger partial charge in [-0.1, -0.05) is 13.8 Å². The molecule has 0 bridgehead atoms. The van der Waals surface area contributed by atoms with Crippen LogP contribution in [-0.2, 0) is 13.5 Å². The van der Waals surface area contributed by atoms with E-state index in [1.54, 1.807) is 0 Å². The second kappa shape index (κ2) is 5.00. The standard InChI is InChI=1S/C13H23N3/c1-4-5-14-13(12-6-10(12)2)7-11-8-15-16(3)9-11/h8-10,12-14H,4-7H2,1-3H3. The molecule has 1 N–H and O–H groups in total. The first-order valence-corrected chi connectivity index (χ1v) is 6.41. The minimum atomic E-state index is 0.652. The number of nitrogens with one attached hydrogen (secondary N) is 1. The van der Waals surface area contributed by atoms with Crippen molar-refractivity contribution >= 4 is 0 Å². The molecule has 3 unspecified atom stereocenters. The molecule has 1 fully saturated rings. The summed E-state index contributed by atoms with van der Waals surface area (Å²) in [5.41, 5.74) is 1.36. The maximum absolute atomic E-state index is 4.24. The number of aryl methyl sites for hydroxylation is 1. The second-order valence-electron chi connectivity index (χ2n) is 5.16. The van der Waals surface area contributed by atoms with Gasteiger partial charge in [0.1, 0.15) is 0 Å². The molecule has 0 amide bonds. The molecule has 3 nitrogen and oxygen atoms in total. The zero-order valence-electron chi connectivity index (χ0n) is 10.6. The Balaban J connectivity index is 1.91. The van der Waals surface area contributed by atoms with E-state index in [-0.39, 0.29) is 0 Å². The predicted molar refractivity (Wildman–Crippen MR) is 66.3 cm³/mol. The first-order chi connectivity index (χ1) is 7.70. The van der Waals surface area contributed by atoms with Crippen LogP contribution < -0.4 is 5.32 Å². The zero-order valence-corrected chi connectivity index (χ0v) is 10.6. The van der Waals surface area contributed by atoms with Gasteiger partial charge in [-0.05, 0) is 43.2 Å². The first kappa shape index (κ1) is 11.6. The first-order valence-electron chi connectivity index (χ1n) is 6.41. The summed E-state index contributed by atoms with van der Waals surface area (Å²) >= 11 is 0. The van der Waals surface area contributed by atoms with Gasteiger partial charge in [0, 0.05) is 19.3 Å². The normalized spacial score (nSPS) is 25.7. The maximum atomic E-state index is 4.24. The van der Waals surface area contributed by atoms with Crippen molar-refractivity contribution in [3.8, 4) is 0 Å². The predicted octanol–water partition coefficient (Wildman–Crippen LogP) is 1.99. The van der Waals surface area contributed by atoms with Crippen molar-refractivity contribution < 1.29 is 0 Å². The lowest BCUT2D eigenvalue weighted by Gasteiger charge is -2.17. The summed E-state index contributed by atoms with van der Waals surface area (Å²) in [5.74, 6) is 1.79. The summed E-state index contributed by atoms with van der Waals surface area (Å²) in [7, 11) is 1.98. The van der Waals surface area contributed by atoms with E-state index in [0.717, 1.165) is 24.8 Å². The van der Waals surface area contributed by atoms with Gasteiger partial charge in [-0.3, -0.25) is 4.68 Å². The van der Waals surface area contributed by atoms with E-state index in [2.05, 4.69) is 30.5 Å². The van der Waals surface area contributed by atoms with Crippen LogP contribution in [0, 0.1) is 11.8 Å². The van der Waals surface area contributed by atoms with Crippen molar-refractivity contribution in [1.82, 2.24) is 15.1 Å². The van der Waals surface area contributed by atoms with Crippen LogP contribution in [0.25, 0.3) is 0 Å². The van der Waals surface area contributed by atoms with E-state index in [1.807, 2.05) is 17.9 Å². The smallest absolute Gasteiger partial charge is 0.0522 e. The van der Waals surface area contributed by atoms with Crippen LogP contribution in [0.1, 0.15) is 32.3 Å². The Morgan fingerprint density at radius 2 is 2.38 bits per heavy atom. The Labute approximate surface area is 98.2 Å². The van der Waals surface area contributed by atoms with Gasteiger partial charge in [0.25, 0.3) is 0 Å². The van der Waals surface area contributed by atoms with Crippen LogP contribution in [-0.4, -0.2) is 22.4 Å². The van der Waals surface area contributed by atoms with Gasteiger partial charge in [-0.15, -0.1) is 0 Å². The van der Waals surface area contributed by atoms with Gasteiger partial charge in [0.2, 0.25) is 0 Å². The Hall–Kier alpha value is -0.830. The Morgan fingerprint density at radius 1 is 1.62 bits per heavy atom. The average Bonchev–Trinajstić information content (AvgIpc) is 2.83. The minimum absolute atomic E-state index is 0.652. The van der Waals surface area contributed by atoms with Crippen molar-refractivity contribution in [2.24, 2.45) is 18.9 Å². The lowest BCUT2D eigenvalue weighted by Crippen LogP contribution is -2.34. The molecule has 0 aliphatic heterocycles. The number of aromatic nitrogens is 2. The topological polar surface area (TPSA) is 29.9 Å². The highest BCUT2D eigenvalue weighted by molar-refractivity contribution is 5.08. The van der Waals surface area contributed by atoms with Crippen LogP contribution >= 0.6 is 0 Å². The van der Waals surface area contributed by atoms with Gasteiger partial charge < -0.3 is 5.32 Å². The molecule has 1 heterocycles. The van der Waals surface area contributed by atoms with Crippen molar-refractivity contribution in [2.75, 3.05) is 6.54 Å². The summed E-state index contributed by atoms with van der Waals surface area (Å²) in [6, 6.07) is 0.652. The average molecular weight is 221 g/mol. The molecule has 3 atom stereocenters. The van der Waals surface area contributed by atoms with Crippen LogP contribution in [0.5, 0.6) is 0 Å². The van der Waals surface area contributed by atoms with E-state index in [1.165, 1.54) is 18.4 Å². The van der Waals surface area contributed by atoms with Gasteiger partial charge >= 0.3 is 0 Å². The Kier molecular flexibility index (Phi) is 3.64. The van der Waals surface area contributed by atoms with Gasteiger partial charge in [0.15, 0.2) is 0 Å². The molecule has 1 aromatic heterocycles. The Morgan fingerprint density at radius 3 is 2.88 bits per heavy atom. The number of hydrogen-bond acceptors (Lipinski definition) is 2. The fourth-order valence-corrected chi connectivity index (χ4v) is 2.45. The summed E-state index contributed by atoms with van der Waals surface area (Å²) in [6.07, 6.45) is 7.86. The van der Waals surface area contributed by atoms with E-state index in [0.29, 0.717) is 6.04 Å². The van der Waals surface area contributed by atoms with Crippen LogP contribution in [0.2, 0.25) is 0 Å². The third-order valence-corrected chi connectivity index (χ3v) is 3.56. The van der Waals surface area contributed by atoms with Crippen molar-refractivity contribution in [3.05, 3.63) is 18.0 Å². The SMILES string of the molecule is CCCNC(Cc1cnn(C)c1)C1CC1C. The molecule has 1 aliphatic carbocycles. The lowest BCUT2D eigenvalue weighted by molar-refractivity contribution is 0.443. The van der Waals surface area contributed by atoms with Gasteiger partial charge in [-0.2, -0.15) is 5.10 Å². The largest absolute Gasteiger partial charge is 0.313 e. The van der Waals surface area contributed by atoms with E-state index < -0.39 is 0 Å². The molecular formula is C13H23N3. The fourth-order valence-electron chi connectivity index (χ4n) is 2.45. The van der Waals surface area contributed by atoms with Gasteiger partial charge in [0.05, 0.1) is 6.20 Å². The quantitative estimate of drug-likeness (QED) is 0.796. The summed E-state index contributed by atoms with van der Waals surface area (Å²) in [5, 5.41) is 7.92. The van der Waals surface area contributed by atoms with E-state index >= 15 is 0 Å². The molecule has 1 aromatic rings. The molecule has 90 valence electrons. The maximum Gasteiger partial charge on any atom is 0.0522 e. The van der Waals surface area contributed by atoms with Gasteiger partial charge in [-0.25, -0.2) is 0 Å². The van der Waals surface area contributed by atoms with Crippen molar-refractivity contribution in [1.29, 1.82) is 0 Å². The van der Waals surface area contributed by atoms with Crippen LogP contribution in [0.4, 0.5) is 0 Å². The van der Waals surface area contributed by atoms with Crippen molar-refractivity contribution in [2.45, 2.75) is 39.2 Å². The highest BCUT2D eigenvalue weighted by atomic mass is 15.2. The summed E-state index contributed by atoms with van der Waals surface area (Å²) < 4.78 is 1.89. The highest BCUT2D eigenvalue weighted by Crippen LogP contribution is 2.41. The molecule has 1 aliphatic rings. The van der Waals surface area contributed by atoms with Crippen LogP contribution in [0.3, 0.4) is 0 Å². The minimum Gasteiger partial charge on any atom is -0.313 e. The zero-order chi connectivity index (χ0) is 11.5. The molecule has 1 saturated carbocycles. The molecule has 0 spiro atoms. The number of nitrogens with zero attached hydrogens (tertiary/aromatic N) is 2. The molecule has 0 aromatic carbocycles. The third kappa shape index (κ3) is 2.85. The number of rotatable bonds is 6. The molecule has 0 saturated heterocycles. The third-order valence-electron chi connectivity index (χ3n) is 3.56. The fraction of sp³-hybridized carbons (Fsp3) is 0.769. The second-order valence-corrected chi connectivity index (χ2v) is 5.16. The molecule has 0 radical (unpaired) electrons. The molecule has 3 heteroatoms. The molecular weight excluding hydrogens is 198 g/mol. The molecule has 2 rings (SSSR count). The van der Waals surface area contributed by atoms with E-state index in [4.69, 9.17) is 0 Å². The van der Waals surface area contributed by atoms with Crippen molar-refractivity contribution in [3.63, 3.8) is 0 Å². The highest BCUT2D eigenvalue weighted by Gasteiger charge is 2.38. The Bertz CT molecular complexity index is 332. The lowest BCUT2D eigenvalue weighted by atomic mass is 10.0. The van der Waals surface area contributed by atoms with E-state index in [9.17, 15) is 0 Å². The number of hydrogen-bond donors (Lipinski definition) is 1.